The van der Waals surface area contributed by atoms with Crippen LogP contribution in [-0.4, -0.2) is 54.5 Å². The van der Waals surface area contributed by atoms with E-state index in [2.05, 4.69) is 0 Å². The van der Waals surface area contributed by atoms with E-state index in [1.807, 2.05) is 4.90 Å². The van der Waals surface area contributed by atoms with Crippen molar-refractivity contribution in [3.8, 4) is 0 Å². The van der Waals surface area contributed by atoms with E-state index in [0.29, 0.717) is 0 Å². The van der Waals surface area contributed by atoms with E-state index in [-0.39, 0.29) is 24.3 Å². The molecule has 0 aromatic rings. The molecule has 0 radical (unpaired) electrons. The smallest absolute Gasteiger partial charge is 0.324 e. The Morgan fingerprint density at radius 2 is 1.59 bits per heavy atom. The maximum absolute atomic E-state index is 11.6. The normalized spacial score (nSPS) is 28.7. The molecule has 0 bridgehead atoms. The zero-order valence-electron chi connectivity index (χ0n) is 9.89. The quantitative estimate of drug-likeness (QED) is 0.783. The Morgan fingerprint density at radius 1 is 1.06 bits per heavy atom. The number of rotatable bonds is 2. The lowest BCUT2D eigenvalue weighted by Crippen LogP contribution is -2.59. The maximum atomic E-state index is 11.6. The van der Waals surface area contributed by atoms with Crippen LogP contribution in [0.3, 0.4) is 0 Å². The van der Waals surface area contributed by atoms with Crippen LogP contribution < -0.4 is 0 Å². The average Bonchev–Trinajstić information content (AvgIpc) is 2.30. The predicted octanol–water partition coefficient (Wildman–Crippen LogP) is 0.504. The maximum Gasteiger partial charge on any atom is 0.324 e. The first-order valence-corrected chi connectivity index (χ1v) is 7.97. The lowest BCUT2D eigenvalue weighted by molar-refractivity contribution is -0.153. The fourth-order valence-electron chi connectivity index (χ4n) is 2.86. The molecule has 0 aromatic heterocycles. The molecular formula is C11H19NO4S. The monoisotopic (exact) mass is 261 g/mol. The third-order valence-electron chi connectivity index (χ3n) is 4.01. The summed E-state index contributed by atoms with van der Waals surface area (Å²) in [5, 5.41) is 9.47. The van der Waals surface area contributed by atoms with Gasteiger partial charge in [0, 0.05) is 0 Å². The summed E-state index contributed by atoms with van der Waals surface area (Å²) in [6, 6.07) is 0. The number of piperidine rings is 1. The van der Waals surface area contributed by atoms with Crippen LogP contribution in [0.1, 0.15) is 32.1 Å². The first-order chi connectivity index (χ1) is 7.96. The van der Waals surface area contributed by atoms with Crippen LogP contribution >= 0.6 is 0 Å². The van der Waals surface area contributed by atoms with Crippen molar-refractivity contribution in [2.45, 2.75) is 37.6 Å². The Balaban J connectivity index is 2.19. The molecule has 0 amide bonds. The summed E-state index contributed by atoms with van der Waals surface area (Å²) >= 11 is 0. The highest BCUT2D eigenvalue weighted by atomic mass is 32.2. The summed E-state index contributed by atoms with van der Waals surface area (Å²) in [6.07, 6.45) is 3.66. The van der Waals surface area contributed by atoms with E-state index in [1.165, 1.54) is 0 Å². The Kier molecular flexibility index (Phi) is 3.45. The van der Waals surface area contributed by atoms with Crippen molar-refractivity contribution in [3.05, 3.63) is 0 Å². The van der Waals surface area contributed by atoms with Crippen LogP contribution in [0.5, 0.6) is 0 Å². The molecule has 6 heteroatoms. The number of likely N-dealkylation sites (tertiary alicyclic amines) is 1. The van der Waals surface area contributed by atoms with Gasteiger partial charge in [0.05, 0.1) is 11.5 Å². The van der Waals surface area contributed by atoms with Gasteiger partial charge in [-0.15, -0.1) is 0 Å². The fourth-order valence-corrected chi connectivity index (χ4v) is 4.36. The van der Waals surface area contributed by atoms with Crippen LogP contribution in [-0.2, 0) is 14.6 Å². The lowest BCUT2D eigenvalue weighted by atomic mass is 9.88. The molecule has 2 fully saturated rings. The van der Waals surface area contributed by atoms with Gasteiger partial charge in [0.1, 0.15) is 15.4 Å². The molecule has 0 saturated carbocycles. The van der Waals surface area contributed by atoms with Gasteiger partial charge in [-0.25, -0.2) is 8.42 Å². The SMILES string of the molecule is O=C(O)C1(N2CCCCC2)CCS(=O)(=O)CC1. The Hall–Kier alpha value is -0.620. The van der Waals surface area contributed by atoms with Gasteiger partial charge in [-0.05, 0) is 38.8 Å². The van der Waals surface area contributed by atoms with Crippen molar-refractivity contribution in [3.63, 3.8) is 0 Å². The van der Waals surface area contributed by atoms with Crippen LogP contribution in [0.2, 0.25) is 0 Å². The van der Waals surface area contributed by atoms with Gasteiger partial charge >= 0.3 is 5.97 Å². The number of carbonyl (C=O) groups is 1. The van der Waals surface area contributed by atoms with Gasteiger partial charge in [-0.3, -0.25) is 9.69 Å². The second-order valence-electron chi connectivity index (χ2n) is 5.04. The Morgan fingerprint density at radius 3 is 2.06 bits per heavy atom. The van der Waals surface area contributed by atoms with Crippen LogP contribution in [0.25, 0.3) is 0 Å². The fraction of sp³-hybridized carbons (Fsp3) is 0.909. The second-order valence-corrected chi connectivity index (χ2v) is 7.34. The summed E-state index contributed by atoms with van der Waals surface area (Å²) in [4.78, 5) is 13.5. The second kappa shape index (κ2) is 4.57. The van der Waals surface area contributed by atoms with E-state index in [9.17, 15) is 18.3 Å². The molecule has 0 aromatic carbocycles. The van der Waals surface area contributed by atoms with Gasteiger partial charge in [0.25, 0.3) is 0 Å². The Labute approximate surface area is 102 Å². The average molecular weight is 261 g/mol. The van der Waals surface area contributed by atoms with Gasteiger partial charge in [-0.1, -0.05) is 6.42 Å². The number of sulfone groups is 1. The molecule has 0 aliphatic carbocycles. The minimum absolute atomic E-state index is 0.00972. The number of aliphatic carboxylic acids is 1. The summed E-state index contributed by atoms with van der Waals surface area (Å²) in [5.41, 5.74) is -0.925. The number of hydrogen-bond donors (Lipinski definition) is 1. The zero-order chi connectivity index (χ0) is 12.5. The largest absolute Gasteiger partial charge is 0.480 e. The molecule has 98 valence electrons. The van der Waals surface area contributed by atoms with Gasteiger partial charge in [-0.2, -0.15) is 0 Å². The molecule has 2 aliphatic heterocycles. The van der Waals surface area contributed by atoms with Crippen molar-refractivity contribution in [1.82, 2.24) is 4.90 Å². The minimum Gasteiger partial charge on any atom is -0.480 e. The topological polar surface area (TPSA) is 74.7 Å². The highest BCUT2D eigenvalue weighted by Crippen LogP contribution is 2.32. The molecule has 17 heavy (non-hydrogen) atoms. The van der Waals surface area contributed by atoms with Gasteiger partial charge in [0.15, 0.2) is 0 Å². The van der Waals surface area contributed by atoms with Crippen LogP contribution in [0.4, 0.5) is 0 Å². The van der Waals surface area contributed by atoms with Crippen molar-refractivity contribution >= 4 is 15.8 Å². The zero-order valence-corrected chi connectivity index (χ0v) is 10.7. The van der Waals surface area contributed by atoms with Gasteiger partial charge in [0.2, 0.25) is 0 Å². The predicted molar refractivity (Wildman–Crippen MR) is 63.7 cm³/mol. The highest BCUT2D eigenvalue weighted by molar-refractivity contribution is 7.91. The molecule has 0 atom stereocenters. The third-order valence-corrected chi connectivity index (χ3v) is 5.67. The van der Waals surface area contributed by atoms with Crippen molar-refractivity contribution in [2.24, 2.45) is 0 Å². The first-order valence-electron chi connectivity index (χ1n) is 6.15. The van der Waals surface area contributed by atoms with Crippen molar-refractivity contribution in [1.29, 1.82) is 0 Å². The van der Waals surface area contributed by atoms with Crippen molar-refractivity contribution in [2.75, 3.05) is 24.6 Å². The number of carboxylic acid groups (broad SMARTS) is 1. The Bertz CT molecular complexity index is 384. The molecule has 1 N–H and O–H groups in total. The summed E-state index contributed by atoms with van der Waals surface area (Å²) < 4.78 is 22.9. The summed E-state index contributed by atoms with van der Waals surface area (Å²) in [7, 11) is -3.02. The number of carboxylic acids is 1. The standard InChI is InChI=1S/C11H19NO4S/c13-10(14)11(12-6-2-1-3-7-12)4-8-17(15,16)9-5-11/h1-9H2,(H,13,14). The van der Waals surface area contributed by atoms with E-state index in [4.69, 9.17) is 0 Å². The molecule has 5 nitrogen and oxygen atoms in total. The van der Waals surface area contributed by atoms with Crippen LogP contribution in [0, 0.1) is 0 Å². The highest BCUT2D eigenvalue weighted by Gasteiger charge is 2.48. The molecule has 0 spiro atoms. The third kappa shape index (κ3) is 2.47. The lowest BCUT2D eigenvalue weighted by Gasteiger charge is -2.44. The molecular weight excluding hydrogens is 242 g/mol. The van der Waals surface area contributed by atoms with E-state index in [0.717, 1.165) is 32.4 Å². The summed E-state index contributed by atoms with van der Waals surface area (Å²) in [6.45, 7) is 1.57. The van der Waals surface area contributed by atoms with E-state index in [1.54, 1.807) is 0 Å². The van der Waals surface area contributed by atoms with E-state index < -0.39 is 21.3 Å². The number of hydrogen-bond acceptors (Lipinski definition) is 4. The molecule has 0 unspecified atom stereocenters. The van der Waals surface area contributed by atoms with Gasteiger partial charge < -0.3 is 5.11 Å². The molecule has 2 heterocycles. The first kappa shape index (κ1) is 12.8. The van der Waals surface area contributed by atoms with Crippen LogP contribution in [0.15, 0.2) is 0 Å². The van der Waals surface area contributed by atoms with E-state index >= 15 is 0 Å². The molecule has 2 rings (SSSR count). The minimum atomic E-state index is -3.02. The molecule has 2 aliphatic rings. The van der Waals surface area contributed by atoms with Crippen molar-refractivity contribution < 1.29 is 18.3 Å². The molecule has 2 saturated heterocycles. The number of nitrogens with zero attached hydrogens (tertiary/aromatic N) is 1. The summed E-state index contributed by atoms with van der Waals surface area (Å²) in [5.74, 6) is -0.833.